The first-order chi connectivity index (χ1) is 6.83. The third-order valence-corrected chi connectivity index (χ3v) is 1.91. The number of benzene rings is 1. The zero-order valence-corrected chi connectivity index (χ0v) is 7.38. The second-order valence-electron chi connectivity index (χ2n) is 2.74. The summed E-state index contributed by atoms with van der Waals surface area (Å²) < 4.78 is 0. The van der Waals surface area contributed by atoms with Crippen molar-refractivity contribution in [1.82, 2.24) is 9.97 Å². The van der Waals surface area contributed by atoms with E-state index in [1.807, 2.05) is 18.2 Å². The number of amidine groups is 1. The lowest BCUT2D eigenvalue weighted by molar-refractivity contribution is 1.22. The number of nitrogens with two attached hydrogens (primary N) is 2. The minimum atomic E-state index is 0.260. The molecule has 70 valence electrons. The van der Waals surface area contributed by atoms with Gasteiger partial charge >= 0.3 is 0 Å². The van der Waals surface area contributed by atoms with Crippen molar-refractivity contribution in [2.75, 3.05) is 0 Å². The number of para-hydroxylation sites is 1. The summed E-state index contributed by atoms with van der Waals surface area (Å²) in [5.41, 5.74) is 7.81. The van der Waals surface area contributed by atoms with Crippen molar-refractivity contribution in [2.24, 2.45) is 16.7 Å². The number of hydrogen-bond donors (Lipinski definition) is 2. The summed E-state index contributed by atoms with van der Waals surface area (Å²) in [4.78, 5) is 8.32. The molecule has 1 heterocycles. The summed E-state index contributed by atoms with van der Waals surface area (Å²) in [5.74, 6) is 5.37. The van der Waals surface area contributed by atoms with Gasteiger partial charge in [-0.3, -0.25) is 9.97 Å². The highest BCUT2D eigenvalue weighted by Gasteiger charge is 2.05. The maximum atomic E-state index is 5.62. The summed E-state index contributed by atoms with van der Waals surface area (Å²) in [6.45, 7) is 0. The molecule has 0 unspecified atom stereocenters. The van der Waals surface area contributed by atoms with Crippen molar-refractivity contribution in [3.8, 4) is 0 Å². The zero-order valence-electron chi connectivity index (χ0n) is 7.38. The van der Waals surface area contributed by atoms with E-state index in [0.29, 0.717) is 11.1 Å². The summed E-state index contributed by atoms with van der Waals surface area (Å²) >= 11 is 0. The van der Waals surface area contributed by atoms with Crippen molar-refractivity contribution < 1.29 is 0 Å². The van der Waals surface area contributed by atoms with Crippen LogP contribution in [-0.4, -0.2) is 15.8 Å². The highest BCUT2D eigenvalue weighted by Crippen LogP contribution is 2.12. The molecule has 0 aliphatic heterocycles. The van der Waals surface area contributed by atoms with Crippen LogP contribution in [-0.2, 0) is 0 Å². The summed E-state index contributed by atoms with van der Waals surface area (Å²) in [6, 6.07) is 5.50. The largest absolute Gasteiger partial charge is 0.382 e. The molecule has 14 heavy (non-hydrogen) atoms. The first-order valence-corrected chi connectivity index (χ1v) is 4.06. The van der Waals surface area contributed by atoms with Gasteiger partial charge in [0, 0.05) is 18.0 Å². The molecular weight excluding hydrogens is 178 g/mol. The first kappa shape index (κ1) is 8.43. The van der Waals surface area contributed by atoms with Gasteiger partial charge < -0.3 is 11.6 Å². The average molecular weight is 187 g/mol. The lowest BCUT2D eigenvalue weighted by Crippen LogP contribution is -2.16. The van der Waals surface area contributed by atoms with E-state index in [9.17, 15) is 0 Å². The minimum absolute atomic E-state index is 0.260. The second-order valence-corrected chi connectivity index (χ2v) is 2.74. The number of fused-ring (bicyclic) bond motifs is 1. The van der Waals surface area contributed by atoms with E-state index in [1.165, 1.54) is 0 Å². The predicted molar refractivity (Wildman–Crippen MR) is 54.4 cm³/mol. The van der Waals surface area contributed by atoms with E-state index in [0.717, 1.165) is 5.52 Å². The lowest BCUT2D eigenvalue weighted by Gasteiger charge is -2.02. The van der Waals surface area contributed by atoms with Crippen LogP contribution in [0.4, 0.5) is 0 Å². The normalized spacial score (nSPS) is 11.9. The Balaban J connectivity index is 2.77. The summed E-state index contributed by atoms with van der Waals surface area (Å²) in [7, 11) is 0. The highest BCUT2D eigenvalue weighted by molar-refractivity contribution is 6.06. The van der Waals surface area contributed by atoms with Crippen LogP contribution < -0.4 is 11.6 Å². The molecule has 2 aromatic rings. The maximum Gasteiger partial charge on any atom is 0.152 e. The molecule has 0 aliphatic rings. The third kappa shape index (κ3) is 1.24. The van der Waals surface area contributed by atoms with Crippen LogP contribution in [0, 0.1) is 0 Å². The van der Waals surface area contributed by atoms with Gasteiger partial charge in [0.1, 0.15) is 0 Å². The van der Waals surface area contributed by atoms with E-state index in [4.69, 9.17) is 11.6 Å². The van der Waals surface area contributed by atoms with Gasteiger partial charge in [-0.25, -0.2) is 0 Å². The van der Waals surface area contributed by atoms with Crippen molar-refractivity contribution >= 4 is 16.9 Å². The van der Waals surface area contributed by atoms with Crippen LogP contribution in [0.3, 0.4) is 0 Å². The van der Waals surface area contributed by atoms with Gasteiger partial charge in [-0.2, -0.15) is 5.10 Å². The maximum absolute atomic E-state index is 5.62. The Hall–Kier alpha value is -2.17. The van der Waals surface area contributed by atoms with E-state index in [2.05, 4.69) is 15.1 Å². The van der Waals surface area contributed by atoms with Crippen molar-refractivity contribution in [3.05, 3.63) is 36.2 Å². The van der Waals surface area contributed by atoms with Crippen LogP contribution in [0.2, 0.25) is 0 Å². The quantitative estimate of drug-likeness (QED) is 0.289. The van der Waals surface area contributed by atoms with Gasteiger partial charge in [0.05, 0.1) is 11.0 Å². The Morgan fingerprint density at radius 1 is 1.21 bits per heavy atom. The molecule has 0 atom stereocenters. The Kier molecular flexibility index (Phi) is 1.98. The molecule has 0 radical (unpaired) electrons. The molecule has 4 N–H and O–H groups in total. The summed E-state index contributed by atoms with van der Waals surface area (Å²) in [6.07, 6.45) is 3.23. The Bertz CT molecular complexity index is 486. The fraction of sp³-hybridized carbons (Fsp3) is 0. The van der Waals surface area contributed by atoms with Gasteiger partial charge in [-0.1, -0.05) is 6.07 Å². The molecule has 0 saturated carbocycles. The van der Waals surface area contributed by atoms with Crippen LogP contribution >= 0.6 is 0 Å². The molecule has 5 heteroatoms. The second kappa shape index (κ2) is 3.29. The lowest BCUT2D eigenvalue weighted by atomic mass is 10.1. The average Bonchev–Trinajstić information content (AvgIpc) is 2.27. The van der Waals surface area contributed by atoms with E-state index in [1.54, 1.807) is 12.4 Å². The topological polar surface area (TPSA) is 90.2 Å². The Labute approximate surface area is 80.5 Å². The van der Waals surface area contributed by atoms with Gasteiger partial charge in [0.15, 0.2) is 5.84 Å². The first-order valence-electron chi connectivity index (χ1n) is 4.06. The number of aromatic nitrogens is 2. The number of hydrogen-bond acceptors (Lipinski definition) is 4. The Morgan fingerprint density at radius 3 is 2.79 bits per heavy atom. The smallest absolute Gasteiger partial charge is 0.152 e. The minimum Gasteiger partial charge on any atom is -0.382 e. The van der Waals surface area contributed by atoms with Gasteiger partial charge in [-0.05, 0) is 12.1 Å². The number of rotatable bonds is 1. The third-order valence-electron chi connectivity index (χ3n) is 1.91. The predicted octanol–water partition coefficient (Wildman–Crippen LogP) is 0.209. The monoisotopic (exact) mass is 187 g/mol. The molecule has 5 nitrogen and oxygen atoms in total. The SMILES string of the molecule is N/N=C(/N)c1cccc2nccnc12. The molecule has 1 aromatic carbocycles. The van der Waals surface area contributed by atoms with Gasteiger partial charge in [-0.15, -0.1) is 0 Å². The summed E-state index contributed by atoms with van der Waals surface area (Å²) in [5, 5.41) is 3.44. The van der Waals surface area contributed by atoms with Crippen molar-refractivity contribution in [3.63, 3.8) is 0 Å². The molecule has 2 rings (SSSR count). The van der Waals surface area contributed by atoms with E-state index >= 15 is 0 Å². The van der Waals surface area contributed by atoms with Gasteiger partial charge in [0.25, 0.3) is 0 Å². The van der Waals surface area contributed by atoms with Crippen molar-refractivity contribution in [1.29, 1.82) is 0 Å². The van der Waals surface area contributed by atoms with Gasteiger partial charge in [0.2, 0.25) is 0 Å². The molecular formula is C9H9N5. The molecule has 0 aliphatic carbocycles. The van der Waals surface area contributed by atoms with E-state index < -0.39 is 0 Å². The number of hydrazone groups is 1. The highest BCUT2D eigenvalue weighted by atomic mass is 15.2. The van der Waals surface area contributed by atoms with E-state index in [-0.39, 0.29) is 5.84 Å². The Morgan fingerprint density at radius 2 is 2.00 bits per heavy atom. The van der Waals surface area contributed by atoms with Crippen LogP contribution in [0.5, 0.6) is 0 Å². The van der Waals surface area contributed by atoms with Crippen LogP contribution in [0.25, 0.3) is 11.0 Å². The molecule has 0 fully saturated rings. The van der Waals surface area contributed by atoms with Crippen LogP contribution in [0.1, 0.15) is 5.56 Å². The molecule has 0 amide bonds. The molecule has 1 aromatic heterocycles. The fourth-order valence-electron chi connectivity index (χ4n) is 1.27. The van der Waals surface area contributed by atoms with Crippen molar-refractivity contribution in [2.45, 2.75) is 0 Å². The zero-order chi connectivity index (χ0) is 9.97. The molecule has 0 saturated heterocycles. The molecule has 0 bridgehead atoms. The van der Waals surface area contributed by atoms with Crippen LogP contribution in [0.15, 0.2) is 35.7 Å². The standard InChI is InChI=1S/C9H9N5/c10-9(14-11)6-2-1-3-7-8(6)13-5-4-12-7/h1-5H,11H2,(H2,10,14). The fourth-order valence-corrected chi connectivity index (χ4v) is 1.27. The molecule has 0 spiro atoms. The number of nitrogens with zero attached hydrogens (tertiary/aromatic N) is 3.